The molecule has 0 spiro atoms. The van der Waals surface area contributed by atoms with E-state index in [9.17, 15) is 9.90 Å². The van der Waals surface area contributed by atoms with Crippen LogP contribution >= 0.6 is 0 Å². The number of nitrogens with zero attached hydrogens (tertiary/aromatic N) is 1. The number of fused-ring (bicyclic) bond motifs is 1. The van der Waals surface area contributed by atoms with E-state index in [1.165, 1.54) is 0 Å². The molecule has 1 heterocycles. The minimum absolute atomic E-state index is 0.00187. The molecular weight excluding hydrogens is 378 g/mol. The molecule has 1 N–H and O–H groups in total. The zero-order valence-electron chi connectivity index (χ0n) is 17.8. The number of carbonyl (C=O) groups excluding carboxylic acids is 1. The van der Waals surface area contributed by atoms with Gasteiger partial charge >= 0.3 is 0 Å². The summed E-state index contributed by atoms with van der Waals surface area (Å²) >= 11 is 0. The Morgan fingerprint density at radius 1 is 1.10 bits per heavy atom. The molecule has 160 valence electrons. The molecular formula is C25H31NO4. The molecule has 0 radical (unpaired) electrons. The summed E-state index contributed by atoms with van der Waals surface area (Å²) in [6.07, 6.45) is 4.81. The molecule has 4 rings (SSSR count). The van der Waals surface area contributed by atoms with E-state index in [1.807, 2.05) is 53.4 Å². The molecule has 2 aliphatic rings. The maximum atomic E-state index is 13.4. The molecule has 0 unspecified atom stereocenters. The Morgan fingerprint density at radius 2 is 1.90 bits per heavy atom. The zero-order chi connectivity index (χ0) is 21.1. The van der Waals surface area contributed by atoms with Gasteiger partial charge in [-0.25, -0.2) is 0 Å². The average Bonchev–Trinajstić information content (AvgIpc) is 2.78. The first kappa shape index (κ1) is 20.7. The third kappa shape index (κ3) is 3.91. The van der Waals surface area contributed by atoms with Crippen molar-refractivity contribution in [1.82, 2.24) is 4.90 Å². The average molecular weight is 410 g/mol. The topological polar surface area (TPSA) is 59.0 Å². The summed E-state index contributed by atoms with van der Waals surface area (Å²) in [5, 5.41) is 11.5. The number of aliphatic hydroxyl groups is 1. The molecule has 1 saturated carbocycles. The minimum atomic E-state index is -0.725. The lowest BCUT2D eigenvalue weighted by Gasteiger charge is -2.52. The number of hydrogen-bond donors (Lipinski definition) is 1. The summed E-state index contributed by atoms with van der Waals surface area (Å²) in [4.78, 5) is 15.4. The molecule has 30 heavy (non-hydrogen) atoms. The Hall–Kier alpha value is -2.53. The second kappa shape index (κ2) is 8.68. The molecule has 5 nitrogen and oxygen atoms in total. The Labute approximate surface area is 178 Å². The fraction of sp³-hybridized carbons (Fsp3) is 0.480. The fourth-order valence-electron chi connectivity index (χ4n) is 5.28. The number of methoxy groups -OCH3 is 2. The lowest BCUT2D eigenvalue weighted by molar-refractivity contribution is -0.154. The van der Waals surface area contributed by atoms with Crippen LogP contribution in [0, 0.1) is 5.92 Å². The van der Waals surface area contributed by atoms with Crippen LogP contribution in [-0.2, 0) is 11.2 Å². The van der Waals surface area contributed by atoms with Gasteiger partial charge in [0.05, 0.1) is 32.3 Å². The van der Waals surface area contributed by atoms with Crippen LogP contribution in [0.1, 0.15) is 49.3 Å². The molecule has 0 aromatic heterocycles. The number of carbonyl (C=O) groups is 1. The third-order valence-electron chi connectivity index (χ3n) is 6.85. The van der Waals surface area contributed by atoms with Gasteiger partial charge in [0.15, 0.2) is 0 Å². The maximum absolute atomic E-state index is 13.4. The van der Waals surface area contributed by atoms with E-state index in [4.69, 9.17) is 9.47 Å². The Bertz CT molecular complexity index is 884. The van der Waals surface area contributed by atoms with E-state index in [0.717, 1.165) is 36.8 Å². The van der Waals surface area contributed by atoms with E-state index < -0.39 is 5.60 Å². The molecule has 2 fully saturated rings. The van der Waals surface area contributed by atoms with E-state index in [2.05, 4.69) is 0 Å². The van der Waals surface area contributed by atoms with Crippen molar-refractivity contribution in [2.45, 2.75) is 50.2 Å². The van der Waals surface area contributed by atoms with Crippen LogP contribution in [0.3, 0.4) is 0 Å². The van der Waals surface area contributed by atoms with Crippen LogP contribution < -0.4 is 9.47 Å². The number of ether oxygens (including phenoxy) is 2. The molecule has 0 bridgehead atoms. The number of likely N-dealkylation sites (tertiary alicyclic amines) is 1. The van der Waals surface area contributed by atoms with Crippen molar-refractivity contribution in [2.24, 2.45) is 5.92 Å². The molecule has 5 heteroatoms. The Balaban J connectivity index is 1.73. The first-order valence-corrected chi connectivity index (χ1v) is 10.8. The highest BCUT2D eigenvalue weighted by Crippen LogP contribution is 2.51. The highest BCUT2D eigenvalue weighted by Gasteiger charge is 2.50. The van der Waals surface area contributed by atoms with Gasteiger partial charge in [-0.3, -0.25) is 4.79 Å². The Kier molecular flexibility index (Phi) is 6.00. The summed E-state index contributed by atoms with van der Waals surface area (Å²) in [6.45, 7) is 0.554. The van der Waals surface area contributed by atoms with Crippen molar-refractivity contribution >= 4 is 5.91 Å². The molecule has 2 aromatic carbocycles. The zero-order valence-corrected chi connectivity index (χ0v) is 17.8. The van der Waals surface area contributed by atoms with Gasteiger partial charge in [0.1, 0.15) is 11.5 Å². The van der Waals surface area contributed by atoms with Gasteiger partial charge in [0.2, 0.25) is 5.91 Å². The van der Waals surface area contributed by atoms with Crippen LogP contribution in [-0.4, -0.2) is 42.3 Å². The van der Waals surface area contributed by atoms with Crippen molar-refractivity contribution in [2.75, 3.05) is 20.8 Å². The summed E-state index contributed by atoms with van der Waals surface area (Å²) in [7, 11) is 3.27. The number of benzene rings is 2. The first-order valence-electron chi connectivity index (χ1n) is 10.8. The molecule has 1 aliphatic heterocycles. The van der Waals surface area contributed by atoms with Gasteiger partial charge in [-0.1, -0.05) is 43.2 Å². The fourth-order valence-corrected chi connectivity index (χ4v) is 5.28. The first-order chi connectivity index (χ1) is 14.6. The summed E-state index contributed by atoms with van der Waals surface area (Å²) in [6, 6.07) is 15.4. The van der Waals surface area contributed by atoms with Gasteiger partial charge < -0.3 is 19.5 Å². The monoisotopic (exact) mass is 409 g/mol. The molecule has 3 atom stereocenters. The third-order valence-corrected chi connectivity index (χ3v) is 6.85. The quantitative estimate of drug-likeness (QED) is 0.806. The summed E-state index contributed by atoms with van der Waals surface area (Å²) < 4.78 is 11.1. The SMILES string of the molecule is COc1ccc([C@H]2[C@H]3CCCC[C@]3(O)CCN2C(=O)Cc2ccccc2)c(OC)c1. The van der Waals surface area contributed by atoms with Gasteiger partial charge in [-0.15, -0.1) is 0 Å². The van der Waals surface area contributed by atoms with Crippen LogP contribution in [0.5, 0.6) is 11.5 Å². The van der Waals surface area contributed by atoms with Crippen LogP contribution in [0.15, 0.2) is 48.5 Å². The maximum Gasteiger partial charge on any atom is 0.227 e. The highest BCUT2D eigenvalue weighted by atomic mass is 16.5. The molecule has 1 amide bonds. The van der Waals surface area contributed by atoms with Gasteiger partial charge in [-0.05, 0) is 37.0 Å². The van der Waals surface area contributed by atoms with Gasteiger partial charge in [0.25, 0.3) is 0 Å². The highest BCUT2D eigenvalue weighted by molar-refractivity contribution is 5.79. The molecule has 2 aromatic rings. The lowest BCUT2D eigenvalue weighted by atomic mass is 9.66. The summed E-state index contributed by atoms with van der Waals surface area (Å²) in [5.41, 5.74) is 1.23. The van der Waals surface area contributed by atoms with Gasteiger partial charge in [0, 0.05) is 24.1 Å². The van der Waals surface area contributed by atoms with Gasteiger partial charge in [-0.2, -0.15) is 0 Å². The standard InChI is InChI=1S/C25H31NO4/c1-29-19-11-12-20(22(17-19)30-2)24-21-10-6-7-13-25(21,28)14-15-26(24)23(27)16-18-8-4-3-5-9-18/h3-5,8-9,11-12,17,21,24,28H,6-7,10,13-16H2,1-2H3/t21-,24+,25+/m1/s1. The van der Waals surface area contributed by atoms with E-state index in [-0.39, 0.29) is 17.9 Å². The van der Waals surface area contributed by atoms with E-state index in [0.29, 0.717) is 30.9 Å². The normalized spacial score (nSPS) is 26.0. The molecule has 1 aliphatic carbocycles. The number of rotatable bonds is 5. The smallest absolute Gasteiger partial charge is 0.227 e. The van der Waals surface area contributed by atoms with Crippen molar-refractivity contribution in [3.63, 3.8) is 0 Å². The number of amides is 1. The number of hydrogen-bond acceptors (Lipinski definition) is 4. The van der Waals surface area contributed by atoms with Crippen molar-refractivity contribution in [3.8, 4) is 11.5 Å². The predicted molar refractivity (Wildman–Crippen MR) is 116 cm³/mol. The lowest BCUT2D eigenvalue weighted by Crippen LogP contribution is -2.56. The van der Waals surface area contributed by atoms with Crippen molar-refractivity contribution in [3.05, 3.63) is 59.7 Å². The summed E-state index contributed by atoms with van der Waals surface area (Å²) in [5.74, 6) is 1.51. The van der Waals surface area contributed by atoms with Crippen molar-refractivity contribution < 1.29 is 19.4 Å². The largest absolute Gasteiger partial charge is 0.497 e. The van der Waals surface area contributed by atoms with Crippen LogP contribution in [0.2, 0.25) is 0 Å². The second-order valence-electron chi connectivity index (χ2n) is 8.51. The van der Waals surface area contributed by atoms with E-state index in [1.54, 1.807) is 14.2 Å². The Morgan fingerprint density at radius 3 is 2.63 bits per heavy atom. The van der Waals surface area contributed by atoms with Crippen molar-refractivity contribution in [1.29, 1.82) is 0 Å². The molecule has 1 saturated heterocycles. The van der Waals surface area contributed by atoms with Crippen LogP contribution in [0.25, 0.3) is 0 Å². The van der Waals surface area contributed by atoms with Crippen LogP contribution in [0.4, 0.5) is 0 Å². The predicted octanol–water partition coefficient (Wildman–Crippen LogP) is 4.14. The van der Waals surface area contributed by atoms with E-state index >= 15 is 0 Å². The minimum Gasteiger partial charge on any atom is -0.497 e. The second-order valence-corrected chi connectivity index (χ2v) is 8.51. The number of piperidine rings is 1.